The van der Waals surface area contributed by atoms with Crippen LogP contribution in [0.1, 0.15) is 6.42 Å². The summed E-state index contributed by atoms with van der Waals surface area (Å²) in [7, 11) is 0. The summed E-state index contributed by atoms with van der Waals surface area (Å²) in [5.41, 5.74) is 0. The largest absolute Gasteiger partial charge is 0.313 e. The van der Waals surface area contributed by atoms with Gasteiger partial charge in [0.15, 0.2) is 0 Å². The van der Waals surface area contributed by atoms with Gasteiger partial charge in [-0.25, -0.2) is 0 Å². The quantitative estimate of drug-likeness (QED) is 0.586. The molecule has 0 aromatic carbocycles. The highest BCUT2D eigenvalue weighted by molar-refractivity contribution is 4.88. The Morgan fingerprint density at radius 3 is 2.00 bits per heavy atom. The Labute approximate surface area is 73.3 Å². The first-order valence-electron chi connectivity index (χ1n) is 4.21. The molecule has 1 N–H and O–H groups in total. The smallest absolute Gasteiger partial charge is 0.0267 e. The third kappa shape index (κ3) is 4.63. The van der Waals surface area contributed by atoms with Gasteiger partial charge in [-0.2, -0.15) is 0 Å². The minimum Gasteiger partial charge on any atom is -0.313 e. The van der Waals surface area contributed by atoms with Gasteiger partial charge in [-0.1, -0.05) is 18.2 Å². The van der Waals surface area contributed by atoms with Crippen molar-refractivity contribution in [1.82, 2.24) is 10.3 Å². The number of pyridine rings is 1. The Kier molecular flexibility index (Phi) is 4.88. The van der Waals surface area contributed by atoms with E-state index in [9.17, 15) is 0 Å². The normalized spacial score (nSPS) is 14.7. The molecule has 2 rings (SSSR count). The highest BCUT2D eigenvalue weighted by atomic mass is 14.8. The lowest BCUT2D eigenvalue weighted by atomic mass is 10.3. The molecule has 0 aliphatic carbocycles. The molecule has 12 heavy (non-hydrogen) atoms. The van der Waals surface area contributed by atoms with Gasteiger partial charge in [0.2, 0.25) is 0 Å². The molecule has 2 heterocycles. The lowest BCUT2D eigenvalue weighted by Gasteiger charge is -2.01. The standard InChI is InChI=1S/C5H9N.C5H5N/c2*1-2-4-6-5-3-1/h1-2,6H,3-5H2;1-5H. The van der Waals surface area contributed by atoms with Crippen LogP contribution < -0.4 is 5.32 Å². The number of rotatable bonds is 0. The Bertz CT molecular complexity index is 172. The van der Waals surface area contributed by atoms with E-state index >= 15 is 0 Å². The molecule has 1 aromatic rings. The predicted molar refractivity (Wildman–Crippen MR) is 50.9 cm³/mol. The molecule has 0 saturated heterocycles. The van der Waals surface area contributed by atoms with Crippen LogP contribution >= 0.6 is 0 Å². The van der Waals surface area contributed by atoms with E-state index in [0.29, 0.717) is 0 Å². The van der Waals surface area contributed by atoms with E-state index in [2.05, 4.69) is 22.5 Å². The maximum Gasteiger partial charge on any atom is 0.0267 e. The molecule has 0 unspecified atom stereocenters. The molecule has 1 aliphatic heterocycles. The van der Waals surface area contributed by atoms with Crippen LogP contribution in [-0.4, -0.2) is 18.1 Å². The summed E-state index contributed by atoms with van der Waals surface area (Å²) in [5.74, 6) is 0. The topological polar surface area (TPSA) is 24.9 Å². The molecule has 1 aromatic heterocycles. The molecule has 64 valence electrons. The molecular weight excluding hydrogens is 148 g/mol. The third-order valence-corrected chi connectivity index (χ3v) is 1.48. The lowest BCUT2D eigenvalue weighted by Crippen LogP contribution is -2.17. The second-order valence-corrected chi connectivity index (χ2v) is 2.49. The molecule has 0 atom stereocenters. The molecule has 0 amide bonds. The van der Waals surface area contributed by atoms with Crippen molar-refractivity contribution in [2.24, 2.45) is 0 Å². The summed E-state index contributed by atoms with van der Waals surface area (Å²) in [5, 5.41) is 3.20. The van der Waals surface area contributed by atoms with Gasteiger partial charge in [0.25, 0.3) is 0 Å². The van der Waals surface area contributed by atoms with Gasteiger partial charge in [-0.05, 0) is 25.1 Å². The third-order valence-electron chi connectivity index (χ3n) is 1.48. The molecule has 0 spiro atoms. The van der Waals surface area contributed by atoms with Crippen LogP contribution in [0.25, 0.3) is 0 Å². The summed E-state index contributed by atoms with van der Waals surface area (Å²) >= 11 is 0. The summed E-state index contributed by atoms with van der Waals surface area (Å²) in [6.07, 6.45) is 9.07. The maximum absolute atomic E-state index is 3.78. The van der Waals surface area contributed by atoms with Crippen molar-refractivity contribution in [2.75, 3.05) is 13.1 Å². The van der Waals surface area contributed by atoms with Crippen molar-refractivity contribution in [1.29, 1.82) is 0 Å². The highest BCUT2D eigenvalue weighted by Gasteiger charge is 1.84. The van der Waals surface area contributed by atoms with E-state index in [4.69, 9.17) is 0 Å². The summed E-state index contributed by atoms with van der Waals surface area (Å²) in [6.45, 7) is 2.23. The summed E-state index contributed by atoms with van der Waals surface area (Å²) in [4.78, 5) is 3.78. The van der Waals surface area contributed by atoms with Crippen LogP contribution in [0.2, 0.25) is 0 Å². The minimum atomic E-state index is 1.07. The molecule has 2 heteroatoms. The Morgan fingerprint density at radius 1 is 1.00 bits per heavy atom. The highest BCUT2D eigenvalue weighted by Crippen LogP contribution is 1.84. The monoisotopic (exact) mass is 162 g/mol. The van der Waals surface area contributed by atoms with Crippen molar-refractivity contribution in [3.8, 4) is 0 Å². The van der Waals surface area contributed by atoms with E-state index < -0.39 is 0 Å². The van der Waals surface area contributed by atoms with Gasteiger partial charge in [-0.15, -0.1) is 0 Å². The van der Waals surface area contributed by atoms with Crippen LogP contribution in [-0.2, 0) is 0 Å². The van der Waals surface area contributed by atoms with Crippen molar-refractivity contribution in [3.63, 3.8) is 0 Å². The molecule has 1 aliphatic rings. The van der Waals surface area contributed by atoms with Gasteiger partial charge in [0.05, 0.1) is 0 Å². The minimum absolute atomic E-state index is 1.07. The van der Waals surface area contributed by atoms with E-state index in [0.717, 1.165) is 13.1 Å². The second kappa shape index (κ2) is 6.55. The van der Waals surface area contributed by atoms with Crippen LogP contribution in [0, 0.1) is 0 Å². The van der Waals surface area contributed by atoms with Crippen LogP contribution in [0.15, 0.2) is 42.7 Å². The number of nitrogens with zero attached hydrogens (tertiary/aromatic N) is 1. The number of aromatic nitrogens is 1. The van der Waals surface area contributed by atoms with Crippen molar-refractivity contribution < 1.29 is 0 Å². The summed E-state index contributed by atoms with van der Waals surface area (Å²) < 4.78 is 0. The van der Waals surface area contributed by atoms with Gasteiger partial charge < -0.3 is 5.32 Å². The lowest BCUT2D eigenvalue weighted by molar-refractivity contribution is 0.728. The zero-order chi connectivity index (χ0) is 8.49. The van der Waals surface area contributed by atoms with Crippen molar-refractivity contribution in [2.45, 2.75) is 6.42 Å². The van der Waals surface area contributed by atoms with E-state index in [-0.39, 0.29) is 0 Å². The molecule has 0 bridgehead atoms. The predicted octanol–water partition coefficient (Wildman–Crippen LogP) is 1.62. The van der Waals surface area contributed by atoms with Crippen LogP contribution in [0.5, 0.6) is 0 Å². The van der Waals surface area contributed by atoms with Gasteiger partial charge in [0, 0.05) is 18.9 Å². The Balaban J connectivity index is 0.000000120. The average molecular weight is 162 g/mol. The zero-order valence-electron chi connectivity index (χ0n) is 7.11. The molecule has 0 radical (unpaired) electrons. The fourth-order valence-corrected chi connectivity index (χ4v) is 0.885. The van der Waals surface area contributed by atoms with Crippen molar-refractivity contribution in [3.05, 3.63) is 42.7 Å². The number of hydrogen-bond acceptors (Lipinski definition) is 2. The first-order chi connectivity index (χ1) is 6.00. The summed E-state index contributed by atoms with van der Waals surface area (Å²) in [6, 6.07) is 5.72. The van der Waals surface area contributed by atoms with Gasteiger partial charge in [0.1, 0.15) is 0 Å². The molecule has 2 nitrogen and oxygen atoms in total. The fourth-order valence-electron chi connectivity index (χ4n) is 0.885. The average Bonchev–Trinajstić information content (AvgIpc) is 2.24. The second-order valence-electron chi connectivity index (χ2n) is 2.49. The first-order valence-corrected chi connectivity index (χ1v) is 4.21. The van der Waals surface area contributed by atoms with Crippen LogP contribution in [0.3, 0.4) is 0 Å². The van der Waals surface area contributed by atoms with Crippen LogP contribution in [0.4, 0.5) is 0 Å². The first kappa shape index (κ1) is 8.94. The Morgan fingerprint density at radius 2 is 1.83 bits per heavy atom. The number of nitrogens with one attached hydrogen (secondary N) is 1. The fraction of sp³-hybridized carbons (Fsp3) is 0.300. The zero-order valence-corrected chi connectivity index (χ0v) is 7.11. The molecule has 0 saturated carbocycles. The van der Waals surface area contributed by atoms with E-state index in [1.807, 2.05) is 18.2 Å². The van der Waals surface area contributed by atoms with Gasteiger partial charge >= 0.3 is 0 Å². The maximum atomic E-state index is 3.78. The molecular formula is C10H14N2. The van der Waals surface area contributed by atoms with E-state index in [1.165, 1.54) is 6.42 Å². The molecule has 0 fully saturated rings. The van der Waals surface area contributed by atoms with Gasteiger partial charge in [-0.3, -0.25) is 4.98 Å². The Hall–Kier alpha value is -1.15. The SMILES string of the molecule is C1=CCNCC1.c1ccncc1. The van der Waals surface area contributed by atoms with Crippen molar-refractivity contribution >= 4 is 0 Å². The van der Waals surface area contributed by atoms with E-state index in [1.54, 1.807) is 12.4 Å². The number of hydrogen-bond donors (Lipinski definition) is 1.